The molecule has 0 radical (unpaired) electrons. The fraction of sp³-hybridized carbons (Fsp3) is 0.417. The summed E-state index contributed by atoms with van der Waals surface area (Å²) in [6.07, 6.45) is -2.23. The molecule has 11 heteroatoms. The number of aliphatic hydroxyl groups is 2. The summed E-state index contributed by atoms with van der Waals surface area (Å²) >= 11 is 0. The van der Waals surface area contributed by atoms with Crippen molar-refractivity contribution < 1.29 is 24.5 Å². The third-order valence-corrected chi connectivity index (χ3v) is 3.52. The largest absolute Gasteiger partial charge is 0.387 e. The average Bonchev–Trinajstić information content (AvgIpc) is 3.09. The molecule has 122 valence electrons. The van der Waals surface area contributed by atoms with Gasteiger partial charge >= 0.3 is 0 Å². The van der Waals surface area contributed by atoms with Crippen molar-refractivity contribution in [1.82, 2.24) is 24.8 Å². The molecule has 11 nitrogen and oxygen atoms in total. The number of aliphatic hydroxyl groups excluding tert-OH is 2. The summed E-state index contributed by atoms with van der Waals surface area (Å²) in [5.74, 6) is -0.549. The van der Waals surface area contributed by atoms with Crippen LogP contribution in [-0.4, -0.2) is 66.8 Å². The van der Waals surface area contributed by atoms with Gasteiger partial charge < -0.3 is 30.8 Å². The van der Waals surface area contributed by atoms with Crippen LogP contribution in [0, 0.1) is 0 Å². The van der Waals surface area contributed by atoms with Crippen LogP contribution >= 0.6 is 0 Å². The fourth-order valence-electron chi connectivity index (χ4n) is 2.41. The topological polar surface area (TPSA) is 165 Å². The molecule has 0 saturated carbocycles. The number of nitrogens with one attached hydrogen (secondary N) is 1. The number of rotatable bonds is 4. The quantitative estimate of drug-likeness (QED) is 0.439. The van der Waals surface area contributed by atoms with Crippen molar-refractivity contribution in [3.63, 3.8) is 0 Å². The highest BCUT2D eigenvalue weighted by atomic mass is 16.6. The molecule has 1 saturated heterocycles. The zero-order chi connectivity index (χ0) is 16.6. The number of carbonyl (C=O) groups is 2. The number of hydrogen-bond donors (Lipinski definition) is 4. The Morgan fingerprint density at radius 3 is 2.91 bits per heavy atom. The Labute approximate surface area is 129 Å². The Kier molecular flexibility index (Phi) is 3.90. The first-order valence-electron chi connectivity index (χ1n) is 6.70. The van der Waals surface area contributed by atoms with E-state index in [4.69, 9.17) is 10.5 Å². The van der Waals surface area contributed by atoms with Gasteiger partial charge in [-0.1, -0.05) is 0 Å². The minimum Gasteiger partial charge on any atom is -0.387 e. The van der Waals surface area contributed by atoms with Crippen LogP contribution in [0.25, 0.3) is 11.2 Å². The Hall–Kier alpha value is -2.63. The second-order valence-corrected chi connectivity index (χ2v) is 4.92. The average molecular weight is 322 g/mol. The van der Waals surface area contributed by atoms with Crippen molar-refractivity contribution in [2.75, 3.05) is 12.3 Å². The Bertz CT molecular complexity index is 749. The highest BCUT2D eigenvalue weighted by Gasteiger charge is 2.47. The number of ether oxygens (including phenoxy) is 1. The van der Waals surface area contributed by atoms with Crippen LogP contribution in [-0.2, 0) is 14.3 Å². The summed E-state index contributed by atoms with van der Waals surface area (Å²) < 4.78 is 6.79. The lowest BCUT2D eigenvalue weighted by atomic mass is 10.1. The van der Waals surface area contributed by atoms with Gasteiger partial charge in [0.15, 0.2) is 23.8 Å². The van der Waals surface area contributed by atoms with Gasteiger partial charge in [0.2, 0.25) is 0 Å². The van der Waals surface area contributed by atoms with E-state index in [0.717, 1.165) is 0 Å². The highest BCUT2D eigenvalue weighted by Crippen LogP contribution is 2.31. The number of aromatic nitrogens is 4. The maximum Gasteiger partial charge on any atom is 0.252 e. The Balaban J connectivity index is 1.89. The lowest BCUT2D eigenvalue weighted by Crippen LogP contribution is -2.43. The molecular formula is C12H14N6O5. The lowest BCUT2D eigenvalue weighted by molar-refractivity contribution is -0.138. The van der Waals surface area contributed by atoms with Crippen molar-refractivity contribution in [3.05, 3.63) is 12.7 Å². The second kappa shape index (κ2) is 5.87. The Morgan fingerprint density at radius 1 is 1.39 bits per heavy atom. The van der Waals surface area contributed by atoms with E-state index in [1.807, 2.05) is 0 Å². The third-order valence-electron chi connectivity index (χ3n) is 3.52. The highest BCUT2D eigenvalue weighted by molar-refractivity contribution is 5.84. The molecule has 0 spiro atoms. The molecule has 1 aliphatic heterocycles. The van der Waals surface area contributed by atoms with Crippen LogP contribution in [0.1, 0.15) is 6.23 Å². The summed E-state index contributed by atoms with van der Waals surface area (Å²) in [6, 6.07) is 0. The van der Waals surface area contributed by atoms with E-state index < -0.39 is 30.4 Å². The van der Waals surface area contributed by atoms with Crippen molar-refractivity contribution in [1.29, 1.82) is 0 Å². The van der Waals surface area contributed by atoms with Crippen molar-refractivity contribution >= 4 is 29.2 Å². The van der Waals surface area contributed by atoms with Gasteiger partial charge in [-0.05, 0) is 0 Å². The molecule has 0 bridgehead atoms. The summed E-state index contributed by atoms with van der Waals surface area (Å²) in [5, 5.41) is 22.4. The molecule has 1 fully saturated rings. The number of anilines is 1. The Morgan fingerprint density at radius 2 is 2.17 bits per heavy atom. The van der Waals surface area contributed by atoms with Gasteiger partial charge in [0, 0.05) is 0 Å². The number of aldehydes is 1. The molecule has 2 aromatic rings. The van der Waals surface area contributed by atoms with E-state index >= 15 is 0 Å². The van der Waals surface area contributed by atoms with Gasteiger partial charge in [-0.15, -0.1) is 0 Å². The molecule has 1 amide bonds. The molecule has 2 aromatic heterocycles. The van der Waals surface area contributed by atoms with Crippen molar-refractivity contribution in [3.8, 4) is 0 Å². The van der Waals surface area contributed by atoms with E-state index in [-0.39, 0.29) is 12.4 Å². The zero-order valence-corrected chi connectivity index (χ0v) is 11.7. The van der Waals surface area contributed by atoms with Crippen molar-refractivity contribution in [2.24, 2.45) is 0 Å². The van der Waals surface area contributed by atoms with Gasteiger partial charge in [-0.2, -0.15) is 0 Å². The molecule has 23 heavy (non-hydrogen) atoms. The smallest absolute Gasteiger partial charge is 0.252 e. The van der Waals surface area contributed by atoms with E-state index in [9.17, 15) is 19.8 Å². The molecule has 1 aliphatic rings. The monoisotopic (exact) mass is 322 g/mol. The van der Waals surface area contributed by atoms with Gasteiger partial charge in [-0.25, -0.2) is 15.0 Å². The summed E-state index contributed by atoms with van der Waals surface area (Å²) in [6.45, 7) is -0.218. The van der Waals surface area contributed by atoms with E-state index in [1.54, 1.807) is 0 Å². The van der Waals surface area contributed by atoms with Gasteiger partial charge in [0.05, 0.1) is 12.9 Å². The fourth-order valence-corrected chi connectivity index (χ4v) is 2.41. The molecule has 4 atom stereocenters. The van der Waals surface area contributed by atoms with Gasteiger partial charge in [0.1, 0.15) is 30.3 Å². The number of carbonyl (C=O) groups excluding carboxylic acids is 2. The number of imidazole rings is 1. The summed E-state index contributed by atoms with van der Waals surface area (Å²) in [7, 11) is 0. The van der Waals surface area contributed by atoms with Crippen LogP contribution in [0.2, 0.25) is 0 Å². The predicted octanol–water partition coefficient (Wildman–Crippen LogP) is -2.66. The minimum atomic E-state index is -1.47. The second-order valence-electron chi connectivity index (χ2n) is 4.92. The van der Waals surface area contributed by atoms with Crippen LogP contribution < -0.4 is 11.1 Å². The van der Waals surface area contributed by atoms with Crippen LogP contribution in [0.4, 0.5) is 5.82 Å². The number of nitrogens with zero attached hydrogens (tertiary/aromatic N) is 4. The first kappa shape index (κ1) is 15.3. The maximum atomic E-state index is 11.9. The van der Waals surface area contributed by atoms with Crippen LogP contribution in [0.15, 0.2) is 12.7 Å². The molecule has 3 heterocycles. The summed E-state index contributed by atoms with van der Waals surface area (Å²) in [5.41, 5.74) is 6.29. The first-order valence-corrected chi connectivity index (χ1v) is 6.70. The standard InChI is InChI=1S/C12H14N6O5/c13-9-5-10(16-3-15-9)18(4-17-5)12-7(21)6(20)8(23-12)11(22)14-1-2-19/h2-4,6-8,12,20-21H,1H2,(H,14,22)(H2,13,15,16)/t6?,7-,8+,12-/m1/s1. The molecule has 3 rings (SSSR count). The third kappa shape index (κ3) is 2.50. The SMILES string of the molecule is Nc1ncnc2c1ncn2[C@@H]1O[C@H](C(=O)NCC=O)C(O)[C@H]1O. The molecular weight excluding hydrogens is 308 g/mol. The number of amides is 1. The molecule has 5 N–H and O–H groups in total. The van der Waals surface area contributed by atoms with E-state index in [1.165, 1.54) is 17.2 Å². The van der Waals surface area contributed by atoms with Crippen LogP contribution in [0.5, 0.6) is 0 Å². The minimum absolute atomic E-state index is 0.155. The van der Waals surface area contributed by atoms with E-state index in [0.29, 0.717) is 17.5 Å². The number of nitrogen functional groups attached to an aromatic ring is 1. The molecule has 0 aromatic carbocycles. The van der Waals surface area contributed by atoms with Gasteiger partial charge in [-0.3, -0.25) is 9.36 Å². The molecule has 1 unspecified atom stereocenters. The van der Waals surface area contributed by atoms with Gasteiger partial charge in [0.25, 0.3) is 5.91 Å². The van der Waals surface area contributed by atoms with E-state index in [2.05, 4.69) is 20.3 Å². The number of fused-ring (bicyclic) bond motifs is 1. The number of nitrogens with two attached hydrogens (primary N) is 1. The number of hydrogen-bond acceptors (Lipinski definition) is 9. The lowest BCUT2D eigenvalue weighted by Gasteiger charge is -2.16. The summed E-state index contributed by atoms with van der Waals surface area (Å²) in [4.78, 5) is 34.0. The first-order chi connectivity index (χ1) is 11.0. The normalized spacial score (nSPS) is 27.2. The van der Waals surface area contributed by atoms with Crippen LogP contribution in [0.3, 0.4) is 0 Å². The predicted molar refractivity (Wildman–Crippen MR) is 74.7 cm³/mol. The molecule has 0 aliphatic carbocycles. The maximum absolute atomic E-state index is 11.9. The zero-order valence-electron chi connectivity index (χ0n) is 11.7. The van der Waals surface area contributed by atoms with Crippen molar-refractivity contribution in [2.45, 2.75) is 24.5 Å².